The maximum atomic E-state index is 13.8. The van der Waals surface area contributed by atoms with Crippen molar-refractivity contribution in [2.75, 3.05) is 0 Å². The number of allylic oxidation sites excluding steroid dienone is 4. The molecular weight excluding hydrogens is 881 g/mol. The molecule has 350 valence electrons. The van der Waals surface area contributed by atoms with Crippen molar-refractivity contribution in [1.82, 2.24) is 0 Å². The summed E-state index contributed by atoms with van der Waals surface area (Å²) < 4.78 is 0. The van der Waals surface area contributed by atoms with Gasteiger partial charge in [0, 0.05) is 39.3 Å². The van der Waals surface area contributed by atoms with E-state index < -0.39 is 22.4 Å². The molecule has 0 saturated heterocycles. The summed E-state index contributed by atoms with van der Waals surface area (Å²) in [6.45, 7) is 2.05. The van der Waals surface area contributed by atoms with Gasteiger partial charge in [-0.3, -0.25) is 0 Å². The van der Waals surface area contributed by atoms with Crippen molar-refractivity contribution < 1.29 is 20.4 Å². The van der Waals surface area contributed by atoms with E-state index in [4.69, 9.17) is 0 Å². The van der Waals surface area contributed by atoms with Crippen molar-refractivity contribution in [3.8, 4) is 33.4 Å². The maximum absolute atomic E-state index is 13.8. The van der Waals surface area contributed by atoms with Gasteiger partial charge in [0.2, 0.25) is 0 Å². The Morgan fingerprint density at radius 3 is 1.28 bits per heavy atom. The van der Waals surface area contributed by atoms with E-state index in [9.17, 15) is 20.4 Å². The fourth-order valence-corrected chi connectivity index (χ4v) is 13.1. The zero-order chi connectivity index (χ0) is 48.8. The first-order chi connectivity index (χ1) is 35.2. The van der Waals surface area contributed by atoms with Crippen LogP contribution in [0.3, 0.4) is 0 Å². The van der Waals surface area contributed by atoms with Crippen molar-refractivity contribution in [2.24, 2.45) is 0 Å². The van der Waals surface area contributed by atoms with E-state index in [0.717, 1.165) is 101 Å². The molecule has 4 heteroatoms. The summed E-state index contributed by atoms with van der Waals surface area (Å²) in [5.74, 6) is 0.0845. The van der Waals surface area contributed by atoms with Crippen molar-refractivity contribution in [2.45, 2.75) is 60.9 Å². The lowest BCUT2D eigenvalue weighted by atomic mass is 9.73. The summed E-state index contributed by atoms with van der Waals surface area (Å²) in [5.41, 5.74) is 11.4. The van der Waals surface area contributed by atoms with Crippen molar-refractivity contribution >= 4 is 0 Å². The van der Waals surface area contributed by atoms with Crippen LogP contribution in [0.1, 0.15) is 104 Å². The summed E-state index contributed by atoms with van der Waals surface area (Å²) in [6, 6.07) is 69.3. The van der Waals surface area contributed by atoms with E-state index in [-0.39, 0.29) is 5.92 Å². The second kappa shape index (κ2) is 16.7. The Hall–Kier alpha value is -7.70. The van der Waals surface area contributed by atoms with Crippen LogP contribution in [0, 0.1) is 0 Å². The van der Waals surface area contributed by atoms with Gasteiger partial charge in [-0.1, -0.05) is 225 Å². The van der Waals surface area contributed by atoms with Gasteiger partial charge in [0.25, 0.3) is 0 Å². The molecule has 4 N–H and O–H groups in total. The molecule has 0 amide bonds. The molecule has 0 bridgehead atoms. The predicted molar refractivity (Wildman–Crippen MR) is 288 cm³/mol. The molecule has 9 aromatic rings. The smallest absolute Gasteiger partial charge is 0.142 e. The summed E-state index contributed by atoms with van der Waals surface area (Å²) in [5, 5.41) is 54.2. The molecule has 13 rings (SSSR count). The lowest BCUT2D eigenvalue weighted by Crippen LogP contribution is -2.32. The Morgan fingerprint density at radius 1 is 0.417 bits per heavy atom. The molecule has 4 aliphatic carbocycles. The first kappa shape index (κ1) is 44.3. The molecule has 0 aliphatic heterocycles. The highest BCUT2D eigenvalue weighted by Crippen LogP contribution is 2.56. The molecule has 0 fully saturated rings. The molecular formula is C68H54O4. The number of fused-ring (bicyclic) bond motifs is 9. The fourth-order valence-electron chi connectivity index (χ4n) is 13.1. The van der Waals surface area contributed by atoms with Gasteiger partial charge in [-0.15, -0.1) is 0 Å². The van der Waals surface area contributed by atoms with E-state index in [1.807, 2.05) is 140 Å². The molecule has 0 radical (unpaired) electrons. The minimum absolute atomic E-state index is 0.0845. The third-order valence-electron chi connectivity index (χ3n) is 16.6. The van der Waals surface area contributed by atoms with Gasteiger partial charge in [0.15, 0.2) is 0 Å². The molecule has 0 heterocycles. The first-order valence-corrected chi connectivity index (χ1v) is 25.4. The second-order valence-corrected chi connectivity index (χ2v) is 20.1. The standard InChI is InChI=1S/C68H54O4/c1-2-65(69,56-29-13-6-22-49(56)44-20-4-3-5-21-44)63-42-47(66(70)57-30-14-7-23-50(57)51-24-8-15-31-58(51)66)40-38-45(63)36-37-46-39-41-48(67(71)59-32-16-9-25-52(59)53-26-10-17-33-60(53)67)43-64(46)68(72)61-34-18-11-27-54(61)55-28-12-19-35-62(55)68/h3-20,22-35,38-44,69-72H,2,21,36-37H2,1H3. The molecule has 9 aromatic carbocycles. The van der Waals surface area contributed by atoms with Crippen LogP contribution < -0.4 is 0 Å². The monoisotopic (exact) mass is 934 g/mol. The third kappa shape index (κ3) is 6.27. The molecule has 0 saturated carbocycles. The Labute approximate surface area is 421 Å². The Balaban J connectivity index is 1.00. The van der Waals surface area contributed by atoms with Gasteiger partial charge < -0.3 is 20.4 Å². The lowest BCUT2D eigenvalue weighted by Gasteiger charge is -2.36. The van der Waals surface area contributed by atoms with E-state index in [1.165, 1.54) is 0 Å². The van der Waals surface area contributed by atoms with Crippen molar-refractivity contribution in [3.63, 3.8) is 0 Å². The fraction of sp³-hybridized carbons (Fsp3) is 0.147. The average molecular weight is 935 g/mol. The molecule has 2 atom stereocenters. The highest BCUT2D eigenvalue weighted by Gasteiger charge is 2.48. The number of aryl methyl sites for hydroxylation is 2. The summed E-state index contributed by atoms with van der Waals surface area (Å²) in [7, 11) is 0. The molecule has 4 nitrogen and oxygen atoms in total. The number of hydrogen-bond acceptors (Lipinski definition) is 4. The molecule has 4 aliphatic rings. The quantitative estimate of drug-likeness (QED) is 0.110. The minimum atomic E-state index is -1.56. The van der Waals surface area contributed by atoms with Gasteiger partial charge in [0.1, 0.15) is 22.4 Å². The Bertz CT molecular complexity index is 3570. The number of benzene rings is 9. The summed E-state index contributed by atoms with van der Waals surface area (Å²) >= 11 is 0. The molecule has 0 aromatic heterocycles. The highest BCUT2D eigenvalue weighted by molar-refractivity contribution is 5.85. The van der Waals surface area contributed by atoms with Gasteiger partial charge in [0.05, 0.1) is 0 Å². The summed E-state index contributed by atoms with van der Waals surface area (Å²) in [6.07, 6.45) is 10.8. The Morgan fingerprint density at radius 2 is 0.819 bits per heavy atom. The number of rotatable bonds is 10. The molecule has 0 spiro atoms. The van der Waals surface area contributed by atoms with Crippen LogP contribution >= 0.6 is 0 Å². The summed E-state index contributed by atoms with van der Waals surface area (Å²) in [4.78, 5) is 0. The predicted octanol–water partition coefficient (Wildman–Crippen LogP) is 13.5. The average Bonchev–Trinajstić information content (AvgIpc) is 3.99. The van der Waals surface area contributed by atoms with E-state index in [0.29, 0.717) is 36.0 Å². The van der Waals surface area contributed by atoms with Crippen LogP contribution in [-0.4, -0.2) is 20.4 Å². The number of hydrogen-bond donors (Lipinski definition) is 4. The molecule has 2 unspecified atom stereocenters. The zero-order valence-electron chi connectivity index (χ0n) is 40.1. The van der Waals surface area contributed by atoms with E-state index in [2.05, 4.69) is 97.1 Å². The van der Waals surface area contributed by atoms with Crippen LogP contribution in [0.4, 0.5) is 0 Å². The van der Waals surface area contributed by atoms with Crippen LogP contribution in [0.5, 0.6) is 0 Å². The van der Waals surface area contributed by atoms with Crippen molar-refractivity contribution in [1.29, 1.82) is 0 Å². The SMILES string of the molecule is CCC(O)(c1cc(C2(O)c3ccccc3-c3ccccc32)ccc1CCc1ccc(C2(O)c3ccccc3-c3ccccc32)cc1C1(O)c2ccccc2-c2ccccc21)c1ccccc1C1C=CC=CC1. The zero-order valence-corrected chi connectivity index (χ0v) is 40.1. The highest BCUT2D eigenvalue weighted by atomic mass is 16.3. The van der Waals surface area contributed by atoms with Crippen LogP contribution in [0.15, 0.2) is 231 Å². The Kier molecular flexibility index (Phi) is 10.3. The third-order valence-corrected chi connectivity index (χ3v) is 16.6. The van der Waals surface area contributed by atoms with E-state index in [1.54, 1.807) is 0 Å². The largest absolute Gasteiger partial charge is 0.380 e. The first-order valence-electron chi connectivity index (χ1n) is 25.4. The van der Waals surface area contributed by atoms with Gasteiger partial charge >= 0.3 is 0 Å². The van der Waals surface area contributed by atoms with Crippen LogP contribution in [0.2, 0.25) is 0 Å². The second-order valence-electron chi connectivity index (χ2n) is 20.1. The van der Waals surface area contributed by atoms with Crippen molar-refractivity contribution in [3.05, 3.63) is 308 Å². The van der Waals surface area contributed by atoms with Gasteiger partial charge in [-0.2, -0.15) is 0 Å². The number of aliphatic hydroxyl groups is 4. The molecule has 72 heavy (non-hydrogen) atoms. The topological polar surface area (TPSA) is 80.9 Å². The lowest BCUT2D eigenvalue weighted by molar-refractivity contribution is 0.0735. The van der Waals surface area contributed by atoms with E-state index >= 15 is 0 Å². The van der Waals surface area contributed by atoms with Crippen LogP contribution in [0.25, 0.3) is 33.4 Å². The van der Waals surface area contributed by atoms with Gasteiger partial charge in [-0.05, 0) is 116 Å². The van der Waals surface area contributed by atoms with Crippen LogP contribution in [-0.2, 0) is 35.2 Å². The normalized spacial score (nSPS) is 17.5. The maximum Gasteiger partial charge on any atom is 0.142 e. The minimum Gasteiger partial charge on any atom is -0.380 e. The van der Waals surface area contributed by atoms with Gasteiger partial charge in [-0.25, -0.2) is 0 Å².